The predicted octanol–water partition coefficient (Wildman–Crippen LogP) is 4.10. The molecule has 1 unspecified atom stereocenters. The van der Waals surface area contributed by atoms with Gasteiger partial charge in [-0.3, -0.25) is 9.78 Å². The zero-order valence-corrected chi connectivity index (χ0v) is 16.3. The quantitative estimate of drug-likeness (QED) is 0.668. The number of carbonyl (C=O) groups is 1. The van der Waals surface area contributed by atoms with Crippen molar-refractivity contribution in [3.63, 3.8) is 0 Å². The molecule has 5 nitrogen and oxygen atoms in total. The van der Waals surface area contributed by atoms with Crippen LogP contribution in [0.3, 0.4) is 0 Å². The van der Waals surface area contributed by atoms with E-state index in [0.717, 1.165) is 49.3 Å². The predicted molar refractivity (Wildman–Crippen MR) is 114 cm³/mol. The third-order valence-electron chi connectivity index (χ3n) is 5.41. The summed E-state index contributed by atoms with van der Waals surface area (Å²) in [6, 6.07) is 19.0. The van der Waals surface area contributed by atoms with E-state index in [0.29, 0.717) is 5.92 Å². The average Bonchev–Trinajstić information content (AvgIpc) is 3.23. The van der Waals surface area contributed by atoms with Gasteiger partial charge in [0.1, 0.15) is 5.75 Å². The molecule has 2 heterocycles. The Kier molecular flexibility index (Phi) is 5.75. The Morgan fingerprint density at radius 2 is 1.72 bits per heavy atom. The monoisotopic (exact) mass is 387 g/mol. The van der Waals surface area contributed by atoms with E-state index < -0.39 is 0 Å². The Labute approximate surface area is 171 Å². The van der Waals surface area contributed by atoms with Crippen molar-refractivity contribution in [2.75, 3.05) is 18.4 Å². The van der Waals surface area contributed by atoms with Crippen LogP contribution in [0.15, 0.2) is 73.1 Å². The van der Waals surface area contributed by atoms with Gasteiger partial charge in [-0.1, -0.05) is 12.1 Å². The first-order chi connectivity index (χ1) is 14.2. The van der Waals surface area contributed by atoms with Crippen molar-refractivity contribution in [1.29, 1.82) is 0 Å². The lowest BCUT2D eigenvalue weighted by atomic mass is 9.99. The summed E-state index contributed by atoms with van der Waals surface area (Å²) >= 11 is 0. The highest BCUT2D eigenvalue weighted by atomic mass is 16.3. The molecule has 3 aromatic rings. The average molecular weight is 387 g/mol. The SMILES string of the molecule is O=C(c1ccc(NCc2ccncc2)cc1)N1CCC(Cc2ccc(O)cc2)C1. The Bertz CT molecular complexity index is 940. The number of likely N-dealkylation sites (tertiary alicyclic amines) is 1. The number of aromatic nitrogens is 1. The van der Waals surface area contributed by atoms with E-state index in [-0.39, 0.29) is 11.7 Å². The molecule has 1 aliphatic rings. The van der Waals surface area contributed by atoms with Gasteiger partial charge in [-0.05, 0) is 78.4 Å². The van der Waals surface area contributed by atoms with Crippen LogP contribution in [0, 0.1) is 5.92 Å². The number of benzene rings is 2. The molecule has 148 valence electrons. The maximum Gasteiger partial charge on any atom is 0.253 e. The summed E-state index contributed by atoms with van der Waals surface area (Å²) in [6.07, 6.45) is 5.51. The smallest absolute Gasteiger partial charge is 0.253 e. The van der Waals surface area contributed by atoms with Crippen molar-refractivity contribution in [3.05, 3.63) is 89.7 Å². The van der Waals surface area contributed by atoms with Gasteiger partial charge in [-0.25, -0.2) is 0 Å². The number of amides is 1. The molecule has 1 aliphatic heterocycles. The van der Waals surface area contributed by atoms with Gasteiger partial charge in [0.15, 0.2) is 0 Å². The fraction of sp³-hybridized carbons (Fsp3) is 0.250. The highest BCUT2D eigenvalue weighted by Crippen LogP contribution is 2.24. The molecular formula is C24H25N3O2. The first-order valence-electron chi connectivity index (χ1n) is 9.97. The van der Waals surface area contributed by atoms with Crippen molar-refractivity contribution >= 4 is 11.6 Å². The third-order valence-corrected chi connectivity index (χ3v) is 5.41. The molecule has 2 aromatic carbocycles. The van der Waals surface area contributed by atoms with E-state index in [9.17, 15) is 9.90 Å². The lowest BCUT2D eigenvalue weighted by Crippen LogP contribution is -2.28. The maximum absolute atomic E-state index is 12.8. The van der Waals surface area contributed by atoms with Crippen LogP contribution in [-0.4, -0.2) is 34.0 Å². The molecule has 0 spiro atoms. The molecule has 0 bridgehead atoms. The van der Waals surface area contributed by atoms with Crippen LogP contribution in [0.5, 0.6) is 5.75 Å². The molecule has 0 aliphatic carbocycles. The zero-order valence-electron chi connectivity index (χ0n) is 16.3. The van der Waals surface area contributed by atoms with Gasteiger partial charge in [0, 0.05) is 43.3 Å². The van der Waals surface area contributed by atoms with Crippen molar-refractivity contribution in [2.24, 2.45) is 5.92 Å². The number of phenols is 1. The van der Waals surface area contributed by atoms with Crippen LogP contribution in [0.25, 0.3) is 0 Å². The minimum atomic E-state index is 0.0962. The fourth-order valence-corrected chi connectivity index (χ4v) is 3.77. The molecule has 1 atom stereocenters. The van der Waals surface area contributed by atoms with Crippen LogP contribution in [0.1, 0.15) is 27.9 Å². The highest BCUT2D eigenvalue weighted by Gasteiger charge is 2.27. The summed E-state index contributed by atoms with van der Waals surface area (Å²) in [5.74, 6) is 0.847. The number of hydrogen-bond donors (Lipinski definition) is 2. The number of nitrogens with one attached hydrogen (secondary N) is 1. The number of aromatic hydroxyl groups is 1. The number of nitrogens with zero attached hydrogens (tertiary/aromatic N) is 2. The van der Waals surface area contributed by atoms with E-state index >= 15 is 0 Å². The second-order valence-corrected chi connectivity index (χ2v) is 7.56. The number of rotatable bonds is 6. The van der Waals surface area contributed by atoms with Crippen LogP contribution >= 0.6 is 0 Å². The van der Waals surface area contributed by atoms with Crippen molar-refractivity contribution in [1.82, 2.24) is 9.88 Å². The van der Waals surface area contributed by atoms with Gasteiger partial charge >= 0.3 is 0 Å². The summed E-state index contributed by atoms with van der Waals surface area (Å²) in [7, 11) is 0. The number of hydrogen-bond acceptors (Lipinski definition) is 4. The molecule has 0 saturated carbocycles. The molecule has 1 fully saturated rings. The first-order valence-corrected chi connectivity index (χ1v) is 9.97. The minimum absolute atomic E-state index is 0.0962. The van der Waals surface area contributed by atoms with E-state index in [4.69, 9.17) is 0 Å². The standard InChI is InChI=1S/C24H25N3O2/c28-23-7-1-18(2-8-23)15-20-11-14-27(17-20)24(29)21-3-5-22(6-4-21)26-16-19-9-12-25-13-10-19/h1-10,12-13,20,26,28H,11,14-17H2. The Hall–Kier alpha value is -3.34. The van der Waals surface area contributed by atoms with Gasteiger partial charge in [0.25, 0.3) is 5.91 Å². The second-order valence-electron chi connectivity index (χ2n) is 7.56. The van der Waals surface area contributed by atoms with E-state index in [1.54, 1.807) is 24.5 Å². The first kappa shape index (κ1) is 19.0. The third kappa shape index (κ3) is 4.93. The van der Waals surface area contributed by atoms with Gasteiger partial charge in [0.05, 0.1) is 0 Å². The van der Waals surface area contributed by atoms with Gasteiger partial charge in [-0.2, -0.15) is 0 Å². The minimum Gasteiger partial charge on any atom is -0.508 e. The molecule has 5 heteroatoms. The molecule has 0 radical (unpaired) electrons. The second kappa shape index (κ2) is 8.78. The number of carbonyl (C=O) groups excluding carboxylic acids is 1. The normalized spacial score (nSPS) is 16.0. The summed E-state index contributed by atoms with van der Waals surface area (Å²) in [5.41, 5.74) is 4.08. The van der Waals surface area contributed by atoms with Gasteiger partial charge in [-0.15, -0.1) is 0 Å². The number of anilines is 1. The maximum atomic E-state index is 12.8. The molecule has 1 aromatic heterocycles. The molecule has 29 heavy (non-hydrogen) atoms. The van der Waals surface area contributed by atoms with Crippen molar-refractivity contribution in [3.8, 4) is 5.75 Å². The van der Waals surface area contributed by atoms with Crippen LogP contribution in [-0.2, 0) is 13.0 Å². The Morgan fingerprint density at radius 1 is 1.00 bits per heavy atom. The lowest BCUT2D eigenvalue weighted by Gasteiger charge is -2.17. The Morgan fingerprint density at radius 3 is 2.45 bits per heavy atom. The lowest BCUT2D eigenvalue weighted by molar-refractivity contribution is 0.0787. The summed E-state index contributed by atoms with van der Waals surface area (Å²) in [4.78, 5) is 18.8. The number of pyridine rings is 1. The largest absolute Gasteiger partial charge is 0.508 e. The molecule has 1 amide bonds. The van der Waals surface area contributed by atoms with E-state index in [1.165, 1.54) is 5.56 Å². The van der Waals surface area contributed by atoms with Crippen molar-refractivity contribution in [2.45, 2.75) is 19.4 Å². The Balaban J connectivity index is 1.30. The van der Waals surface area contributed by atoms with E-state index in [1.807, 2.05) is 53.4 Å². The zero-order chi connectivity index (χ0) is 20.1. The van der Waals surface area contributed by atoms with E-state index in [2.05, 4.69) is 10.3 Å². The molecule has 1 saturated heterocycles. The van der Waals surface area contributed by atoms with Crippen LogP contribution in [0.4, 0.5) is 5.69 Å². The summed E-state index contributed by atoms with van der Waals surface area (Å²) < 4.78 is 0. The van der Waals surface area contributed by atoms with Gasteiger partial charge < -0.3 is 15.3 Å². The van der Waals surface area contributed by atoms with Crippen LogP contribution < -0.4 is 5.32 Å². The summed E-state index contributed by atoms with van der Waals surface area (Å²) in [6.45, 7) is 2.30. The fourth-order valence-electron chi connectivity index (χ4n) is 3.77. The highest BCUT2D eigenvalue weighted by molar-refractivity contribution is 5.94. The number of phenolic OH excluding ortho intramolecular Hbond substituents is 1. The molecule has 2 N–H and O–H groups in total. The molecule has 4 rings (SSSR count). The topological polar surface area (TPSA) is 65.5 Å². The summed E-state index contributed by atoms with van der Waals surface area (Å²) in [5, 5.41) is 12.8. The van der Waals surface area contributed by atoms with Crippen LogP contribution in [0.2, 0.25) is 0 Å². The van der Waals surface area contributed by atoms with Crippen molar-refractivity contribution < 1.29 is 9.90 Å². The van der Waals surface area contributed by atoms with Gasteiger partial charge in [0.2, 0.25) is 0 Å². The molecular weight excluding hydrogens is 362 g/mol.